The Bertz CT molecular complexity index is 793. The minimum atomic E-state index is -0.452. The number of carbonyl (C=O) groups excluding carboxylic acids is 1. The quantitative estimate of drug-likeness (QED) is 0.710. The van der Waals surface area contributed by atoms with Gasteiger partial charge >= 0.3 is 6.09 Å². The second-order valence-corrected chi connectivity index (χ2v) is 9.17. The smallest absolute Gasteiger partial charge is 0.410 e. The molecule has 0 spiro atoms. The second-order valence-electron chi connectivity index (χ2n) is 8.08. The maximum atomic E-state index is 12.4. The van der Waals surface area contributed by atoms with Gasteiger partial charge in [-0.2, -0.15) is 0 Å². The molecule has 2 heterocycles. The number of amides is 1. The summed E-state index contributed by atoms with van der Waals surface area (Å²) in [5.74, 6) is 0. The van der Waals surface area contributed by atoms with E-state index in [-0.39, 0.29) is 12.1 Å². The Balaban J connectivity index is 1.54. The van der Waals surface area contributed by atoms with E-state index >= 15 is 0 Å². The monoisotopic (exact) mass is 382 g/mol. The van der Waals surface area contributed by atoms with Crippen LogP contribution < -0.4 is 0 Å². The van der Waals surface area contributed by atoms with Gasteiger partial charge in [0.1, 0.15) is 5.60 Å². The first-order chi connectivity index (χ1) is 12.9. The summed E-state index contributed by atoms with van der Waals surface area (Å²) in [4.78, 5) is 19.4. The molecule has 0 radical (unpaired) electrons. The maximum absolute atomic E-state index is 12.4. The molecule has 0 unspecified atom stereocenters. The molecule has 5 heteroatoms. The first-order valence-corrected chi connectivity index (χ1v) is 10.3. The van der Waals surface area contributed by atoms with Gasteiger partial charge in [-0.25, -0.2) is 4.79 Å². The normalized spacial score (nSPS) is 18.0. The summed E-state index contributed by atoms with van der Waals surface area (Å²) < 4.78 is 5.54. The van der Waals surface area contributed by atoms with Crippen molar-refractivity contribution in [3.8, 4) is 0 Å². The average Bonchev–Trinajstić information content (AvgIpc) is 2.65. The number of fused-ring (bicyclic) bond motifs is 2. The number of benzene rings is 2. The van der Waals surface area contributed by atoms with Crippen molar-refractivity contribution >= 4 is 17.9 Å². The molecule has 2 aromatic carbocycles. The molecule has 142 valence electrons. The topological polar surface area (TPSA) is 32.8 Å². The van der Waals surface area contributed by atoms with Crippen LogP contribution in [0.4, 0.5) is 4.79 Å². The molecule has 0 aliphatic carbocycles. The molecule has 0 N–H and O–H groups in total. The molecule has 0 atom stereocenters. The van der Waals surface area contributed by atoms with E-state index in [9.17, 15) is 4.79 Å². The summed E-state index contributed by atoms with van der Waals surface area (Å²) in [6.07, 6.45) is -0.206. The highest BCUT2D eigenvalue weighted by atomic mass is 32.2. The first-order valence-electron chi connectivity index (χ1n) is 9.50. The van der Waals surface area contributed by atoms with E-state index in [0.29, 0.717) is 13.1 Å². The van der Waals surface area contributed by atoms with Gasteiger partial charge in [0.15, 0.2) is 0 Å². The maximum Gasteiger partial charge on any atom is 0.410 e. The molecule has 1 saturated heterocycles. The largest absolute Gasteiger partial charge is 0.444 e. The van der Waals surface area contributed by atoms with E-state index < -0.39 is 5.60 Å². The number of nitrogens with zero attached hydrogens (tertiary/aromatic N) is 2. The molecule has 4 nitrogen and oxygen atoms in total. The van der Waals surface area contributed by atoms with Gasteiger partial charge in [0.2, 0.25) is 0 Å². The lowest BCUT2D eigenvalue weighted by Gasteiger charge is -2.42. The molecule has 2 aromatic rings. The molecular formula is C22H26N2O2S. The van der Waals surface area contributed by atoms with Gasteiger partial charge < -0.3 is 9.64 Å². The lowest BCUT2D eigenvalue weighted by atomic mass is 9.95. The van der Waals surface area contributed by atoms with E-state index in [1.165, 1.54) is 20.9 Å². The predicted molar refractivity (Wildman–Crippen MR) is 108 cm³/mol. The van der Waals surface area contributed by atoms with Crippen molar-refractivity contribution in [1.82, 2.24) is 9.80 Å². The molecule has 0 aromatic heterocycles. The summed E-state index contributed by atoms with van der Waals surface area (Å²) in [5.41, 5.74) is 2.28. The Morgan fingerprint density at radius 2 is 1.44 bits per heavy atom. The van der Waals surface area contributed by atoms with Crippen LogP contribution in [0, 0.1) is 0 Å². The predicted octanol–water partition coefficient (Wildman–Crippen LogP) is 4.79. The molecule has 4 rings (SSSR count). The van der Waals surface area contributed by atoms with Gasteiger partial charge in [-0.1, -0.05) is 48.2 Å². The fourth-order valence-electron chi connectivity index (χ4n) is 3.77. The van der Waals surface area contributed by atoms with Gasteiger partial charge in [-0.15, -0.1) is 0 Å². The van der Waals surface area contributed by atoms with Gasteiger partial charge in [0.25, 0.3) is 0 Å². The SMILES string of the molecule is CC(C)(C)OC(=O)N1CCN(C2c3ccccc3Sc3ccccc32)CC1. The third-order valence-corrected chi connectivity index (χ3v) is 6.16. The number of rotatable bonds is 1. The van der Waals surface area contributed by atoms with Crippen LogP contribution in [0.1, 0.15) is 37.9 Å². The molecule has 0 saturated carbocycles. The number of piperazine rings is 1. The van der Waals surface area contributed by atoms with E-state index in [0.717, 1.165) is 13.1 Å². The van der Waals surface area contributed by atoms with E-state index in [2.05, 4.69) is 53.4 Å². The zero-order valence-electron chi connectivity index (χ0n) is 16.1. The van der Waals surface area contributed by atoms with Crippen LogP contribution in [0.15, 0.2) is 58.3 Å². The van der Waals surface area contributed by atoms with Crippen LogP contribution in [-0.2, 0) is 4.74 Å². The Morgan fingerprint density at radius 3 is 1.96 bits per heavy atom. The fourth-order valence-corrected chi connectivity index (χ4v) is 4.89. The lowest BCUT2D eigenvalue weighted by Crippen LogP contribution is -2.51. The Kier molecular flexibility index (Phi) is 4.91. The highest BCUT2D eigenvalue weighted by Crippen LogP contribution is 2.47. The van der Waals surface area contributed by atoms with Crippen molar-refractivity contribution < 1.29 is 9.53 Å². The summed E-state index contributed by atoms with van der Waals surface area (Å²) >= 11 is 1.85. The summed E-state index contributed by atoms with van der Waals surface area (Å²) in [5, 5.41) is 0. The van der Waals surface area contributed by atoms with Crippen molar-refractivity contribution in [2.24, 2.45) is 0 Å². The molecule has 2 aliphatic heterocycles. The van der Waals surface area contributed by atoms with Gasteiger partial charge in [0, 0.05) is 36.0 Å². The summed E-state index contributed by atoms with van der Waals surface area (Å²) in [6, 6.07) is 17.6. The van der Waals surface area contributed by atoms with E-state index in [1.54, 1.807) is 0 Å². The van der Waals surface area contributed by atoms with Crippen molar-refractivity contribution in [3.05, 3.63) is 59.7 Å². The number of ether oxygens (including phenoxy) is 1. The van der Waals surface area contributed by atoms with Crippen LogP contribution in [-0.4, -0.2) is 47.7 Å². The Morgan fingerprint density at radius 1 is 0.926 bits per heavy atom. The fraction of sp³-hybridized carbons (Fsp3) is 0.409. The molecule has 0 bridgehead atoms. The third kappa shape index (κ3) is 3.85. The second kappa shape index (κ2) is 7.21. The average molecular weight is 383 g/mol. The summed E-state index contributed by atoms with van der Waals surface area (Å²) in [6.45, 7) is 8.82. The van der Waals surface area contributed by atoms with Crippen LogP contribution >= 0.6 is 11.8 Å². The van der Waals surface area contributed by atoms with Gasteiger partial charge in [-0.3, -0.25) is 4.90 Å². The number of hydrogen-bond donors (Lipinski definition) is 0. The van der Waals surface area contributed by atoms with Crippen LogP contribution in [0.25, 0.3) is 0 Å². The van der Waals surface area contributed by atoms with Crippen molar-refractivity contribution in [1.29, 1.82) is 0 Å². The Hall–Kier alpha value is -1.98. The standard InChI is InChI=1S/C22H26N2O2S/c1-22(2,3)26-21(25)24-14-12-23(13-15-24)20-16-8-4-6-10-18(16)27-19-11-7-5-9-17(19)20/h4-11,20H,12-15H2,1-3H3. The Labute approximate surface area is 165 Å². The molecule has 27 heavy (non-hydrogen) atoms. The number of hydrogen-bond acceptors (Lipinski definition) is 4. The lowest BCUT2D eigenvalue weighted by molar-refractivity contribution is 0.0117. The molecular weight excluding hydrogens is 356 g/mol. The molecule has 1 fully saturated rings. The van der Waals surface area contributed by atoms with Gasteiger partial charge in [-0.05, 0) is 44.0 Å². The minimum absolute atomic E-state index is 0.206. The van der Waals surface area contributed by atoms with E-state index in [1.807, 2.05) is 37.4 Å². The van der Waals surface area contributed by atoms with Crippen LogP contribution in [0.5, 0.6) is 0 Å². The molecule has 2 aliphatic rings. The van der Waals surface area contributed by atoms with Crippen molar-refractivity contribution in [3.63, 3.8) is 0 Å². The summed E-state index contributed by atoms with van der Waals surface area (Å²) in [7, 11) is 0. The minimum Gasteiger partial charge on any atom is -0.444 e. The number of carbonyl (C=O) groups is 1. The van der Waals surface area contributed by atoms with Gasteiger partial charge in [0.05, 0.1) is 6.04 Å². The van der Waals surface area contributed by atoms with Crippen molar-refractivity contribution in [2.75, 3.05) is 26.2 Å². The molecule has 1 amide bonds. The van der Waals surface area contributed by atoms with Crippen LogP contribution in [0.2, 0.25) is 0 Å². The highest BCUT2D eigenvalue weighted by molar-refractivity contribution is 7.99. The van der Waals surface area contributed by atoms with Crippen LogP contribution in [0.3, 0.4) is 0 Å². The zero-order valence-corrected chi connectivity index (χ0v) is 17.0. The zero-order chi connectivity index (χ0) is 19.0. The first kappa shape index (κ1) is 18.4. The van der Waals surface area contributed by atoms with Crippen molar-refractivity contribution in [2.45, 2.75) is 42.2 Å². The van der Waals surface area contributed by atoms with E-state index in [4.69, 9.17) is 4.74 Å². The third-order valence-electron chi connectivity index (χ3n) is 4.98. The highest BCUT2D eigenvalue weighted by Gasteiger charge is 2.34.